The molecule has 3 heterocycles. The first-order valence-electron chi connectivity index (χ1n) is 10.9. The number of ether oxygens (including phenoxy) is 2. The number of carbonyl (C=O) groups is 1. The van der Waals surface area contributed by atoms with Crippen LogP contribution in [0.3, 0.4) is 0 Å². The zero-order valence-corrected chi connectivity index (χ0v) is 17.4. The highest BCUT2D eigenvalue weighted by Crippen LogP contribution is 2.44. The molecule has 8 heteroatoms. The van der Waals surface area contributed by atoms with Crippen molar-refractivity contribution < 1.29 is 14.3 Å². The highest BCUT2D eigenvalue weighted by Gasteiger charge is 2.43. The van der Waals surface area contributed by atoms with Gasteiger partial charge in [-0.15, -0.1) is 5.10 Å². The second-order valence-electron chi connectivity index (χ2n) is 8.19. The van der Waals surface area contributed by atoms with Gasteiger partial charge in [-0.25, -0.2) is 9.48 Å². The number of nitrogens with one attached hydrogen (secondary N) is 1. The molecule has 2 aliphatic rings. The third kappa shape index (κ3) is 3.56. The first-order chi connectivity index (χ1) is 15.2. The summed E-state index contributed by atoms with van der Waals surface area (Å²) in [6.07, 6.45) is 6.04. The predicted octanol–water partition coefficient (Wildman–Crippen LogP) is 2.29. The van der Waals surface area contributed by atoms with E-state index in [-0.39, 0.29) is 11.6 Å². The molecule has 5 rings (SSSR count). The van der Waals surface area contributed by atoms with Crippen molar-refractivity contribution in [3.05, 3.63) is 58.6 Å². The number of rotatable bonds is 6. The molecule has 1 amide bonds. The Balaban J connectivity index is 1.26. The van der Waals surface area contributed by atoms with Gasteiger partial charge in [-0.1, -0.05) is 25.0 Å². The van der Waals surface area contributed by atoms with Crippen LogP contribution >= 0.6 is 0 Å². The van der Waals surface area contributed by atoms with Crippen molar-refractivity contribution in [1.29, 1.82) is 0 Å². The summed E-state index contributed by atoms with van der Waals surface area (Å²) in [6, 6.07) is 11.3. The number of aromatic nitrogens is 3. The fourth-order valence-corrected chi connectivity index (χ4v) is 4.68. The second kappa shape index (κ2) is 8.09. The first kappa shape index (κ1) is 19.7. The number of amides is 1. The fourth-order valence-electron chi connectivity index (χ4n) is 4.68. The molecule has 162 valence electrons. The van der Waals surface area contributed by atoms with Crippen molar-refractivity contribution >= 4 is 11.6 Å². The van der Waals surface area contributed by atoms with Crippen LogP contribution in [0.1, 0.15) is 37.7 Å². The van der Waals surface area contributed by atoms with Crippen LogP contribution in [-0.4, -0.2) is 39.8 Å². The van der Waals surface area contributed by atoms with Gasteiger partial charge in [0.05, 0.1) is 5.41 Å². The Labute approximate surface area is 179 Å². The second-order valence-corrected chi connectivity index (χ2v) is 8.19. The van der Waals surface area contributed by atoms with Gasteiger partial charge in [-0.05, 0) is 49.1 Å². The zero-order valence-electron chi connectivity index (χ0n) is 17.4. The summed E-state index contributed by atoms with van der Waals surface area (Å²) in [5.41, 5.74) is 0.921. The molecular weight excluding hydrogens is 396 g/mol. The van der Waals surface area contributed by atoms with Crippen LogP contribution in [0.5, 0.6) is 11.5 Å². The number of fused-ring (bicyclic) bond motifs is 2. The Morgan fingerprint density at radius 2 is 1.90 bits per heavy atom. The van der Waals surface area contributed by atoms with E-state index in [1.807, 2.05) is 24.3 Å². The fraction of sp³-hybridized carbons (Fsp3) is 0.435. The Kier molecular flexibility index (Phi) is 5.13. The minimum absolute atomic E-state index is 0.0454. The molecule has 1 aliphatic heterocycles. The van der Waals surface area contributed by atoms with Gasteiger partial charge < -0.3 is 14.8 Å². The maximum absolute atomic E-state index is 13.3. The molecule has 8 nitrogen and oxygen atoms in total. The molecule has 0 bridgehead atoms. The van der Waals surface area contributed by atoms with Crippen molar-refractivity contribution in [2.75, 3.05) is 19.8 Å². The molecule has 3 aromatic rings. The largest absolute Gasteiger partial charge is 0.486 e. The van der Waals surface area contributed by atoms with E-state index in [4.69, 9.17) is 9.47 Å². The lowest BCUT2D eigenvalue weighted by Crippen LogP contribution is -2.43. The van der Waals surface area contributed by atoms with Crippen LogP contribution in [0.2, 0.25) is 0 Å². The Morgan fingerprint density at radius 3 is 2.71 bits per heavy atom. The van der Waals surface area contributed by atoms with Crippen LogP contribution in [0.25, 0.3) is 5.65 Å². The maximum atomic E-state index is 13.3. The molecule has 1 N–H and O–H groups in total. The van der Waals surface area contributed by atoms with Gasteiger partial charge in [-0.2, -0.15) is 0 Å². The third-order valence-corrected chi connectivity index (χ3v) is 6.31. The smallest absolute Gasteiger partial charge is 0.350 e. The molecule has 31 heavy (non-hydrogen) atoms. The summed E-state index contributed by atoms with van der Waals surface area (Å²) in [6.45, 7) is 2.02. The van der Waals surface area contributed by atoms with Gasteiger partial charge in [0.25, 0.3) is 0 Å². The van der Waals surface area contributed by atoms with E-state index in [2.05, 4.69) is 10.4 Å². The predicted molar refractivity (Wildman–Crippen MR) is 115 cm³/mol. The average molecular weight is 422 g/mol. The molecular formula is C23H26N4O4. The van der Waals surface area contributed by atoms with Gasteiger partial charge >= 0.3 is 5.69 Å². The van der Waals surface area contributed by atoms with Gasteiger partial charge in [0, 0.05) is 19.3 Å². The van der Waals surface area contributed by atoms with Crippen LogP contribution in [0.4, 0.5) is 0 Å². The van der Waals surface area contributed by atoms with E-state index in [0.717, 1.165) is 37.0 Å². The summed E-state index contributed by atoms with van der Waals surface area (Å²) in [7, 11) is 0. The lowest BCUT2D eigenvalue weighted by molar-refractivity contribution is -0.126. The van der Waals surface area contributed by atoms with E-state index in [0.29, 0.717) is 44.1 Å². The van der Waals surface area contributed by atoms with Crippen molar-refractivity contribution in [3.63, 3.8) is 0 Å². The van der Waals surface area contributed by atoms with Crippen LogP contribution < -0.4 is 20.5 Å². The normalized spacial score (nSPS) is 17.0. The standard InChI is InChI=1S/C23H26N4O4/c28-21(24-11-5-13-27-22(29)26-12-4-1-6-20(26)25-27)23(9-2-3-10-23)17-7-8-18-19(16-17)31-15-14-30-18/h1,4,6-8,12,16H,2-3,5,9-11,13-15H2,(H,24,28). The number of hydrogen-bond acceptors (Lipinski definition) is 5. The summed E-state index contributed by atoms with van der Waals surface area (Å²) < 4.78 is 14.3. The molecule has 1 aromatic carbocycles. The zero-order chi connectivity index (χ0) is 21.3. The Morgan fingerprint density at radius 1 is 1.10 bits per heavy atom. The molecule has 1 fully saturated rings. The Hall–Kier alpha value is -3.29. The van der Waals surface area contributed by atoms with Crippen LogP contribution in [0.15, 0.2) is 47.4 Å². The highest BCUT2D eigenvalue weighted by molar-refractivity contribution is 5.88. The van der Waals surface area contributed by atoms with E-state index in [1.54, 1.807) is 18.3 Å². The topological polar surface area (TPSA) is 86.9 Å². The number of pyridine rings is 1. The van der Waals surface area contributed by atoms with E-state index in [9.17, 15) is 9.59 Å². The monoisotopic (exact) mass is 422 g/mol. The maximum Gasteiger partial charge on any atom is 0.350 e. The quantitative estimate of drug-likeness (QED) is 0.616. The van der Waals surface area contributed by atoms with Gasteiger partial charge in [0.15, 0.2) is 17.1 Å². The molecule has 0 spiro atoms. The highest BCUT2D eigenvalue weighted by atomic mass is 16.6. The van der Waals surface area contributed by atoms with Gasteiger partial charge in [-0.3, -0.25) is 9.20 Å². The van der Waals surface area contributed by atoms with Crippen molar-refractivity contribution in [2.45, 2.75) is 44.1 Å². The summed E-state index contributed by atoms with van der Waals surface area (Å²) in [4.78, 5) is 25.7. The number of nitrogens with zero attached hydrogens (tertiary/aromatic N) is 3. The average Bonchev–Trinajstić information content (AvgIpc) is 3.43. The van der Waals surface area contributed by atoms with E-state index >= 15 is 0 Å². The van der Waals surface area contributed by atoms with Crippen LogP contribution in [-0.2, 0) is 16.8 Å². The number of hydrogen-bond donors (Lipinski definition) is 1. The molecule has 0 atom stereocenters. The summed E-state index contributed by atoms with van der Waals surface area (Å²) in [5.74, 6) is 1.50. The SMILES string of the molecule is O=C(NCCCn1nc2ccccn2c1=O)C1(c2ccc3c(c2)OCCO3)CCCC1. The molecule has 0 radical (unpaired) electrons. The number of aryl methyl sites for hydroxylation is 1. The summed E-state index contributed by atoms with van der Waals surface area (Å²) >= 11 is 0. The molecule has 1 aliphatic carbocycles. The van der Waals surface area contributed by atoms with Crippen LogP contribution in [0, 0.1) is 0 Å². The molecule has 1 saturated carbocycles. The van der Waals surface area contributed by atoms with Gasteiger partial charge in [0.2, 0.25) is 5.91 Å². The minimum atomic E-state index is -0.532. The molecule has 0 saturated heterocycles. The van der Waals surface area contributed by atoms with Gasteiger partial charge in [0.1, 0.15) is 13.2 Å². The molecule has 0 unspecified atom stereocenters. The minimum Gasteiger partial charge on any atom is -0.486 e. The lowest BCUT2D eigenvalue weighted by Gasteiger charge is -2.30. The summed E-state index contributed by atoms with van der Waals surface area (Å²) in [5, 5.41) is 7.44. The lowest BCUT2D eigenvalue weighted by atomic mass is 9.77. The van der Waals surface area contributed by atoms with Crippen molar-refractivity contribution in [1.82, 2.24) is 19.5 Å². The first-order valence-corrected chi connectivity index (χ1v) is 10.9. The Bertz CT molecular complexity index is 1160. The van der Waals surface area contributed by atoms with Crippen molar-refractivity contribution in [3.8, 4) is 11.5 Å². The third-order valence-electron chi connectivity index (χ3n) is 6.31. The number of carbonyl (C=O) groups excluding carboxylic acids is 1. The number of benzene rings is 1. The van der Waals surface area contributed by atoms with Crippen molar-refractivity contribution in [2.24, 2.45) is 0 Å². The van der Waals surface area contributed by atoms with E-state index in [1.165, 1.54) is 9.08 Å². The molecule has 2 aromatic heterocycles. The van der Waals surface area contributed by atoms with E-state index < -0.39 is 5.41 Å².